The maximum atomic E-state index is 12.2. The number of aliphatic imine (C=N–C) groups is 1. The molecule has 2 amide bonds. The summed E-state index contributed by atoms with van der Waals surface area (Å²) in [5, 5.41) is 3.09. The molecule has 128 valence electrons. The minimum absolute atomic E-state index is 0.190. The van der Waals surface area contributed by atoms with E-state index < -0.39 is 0 Å². The largest absolute Gasteiger partial charge is 0.370 e. The van der Waals surface area contributed by atoms with Gasteiger partial charge in [-0.2, -0.15) is 0 Å². The van der Waals surface area contributed by atoms with Crippen molar-refractivity contribution in [1.29, 1.82) is 0 Å². The van der Waals surface area contributed by atoms with Gasteiger partial charge in [-0.05, 0) is 43.7 Å². The van der Waals surface area contributed by atoms with E-state index in [0.29, 0.717) is 36.1 Å². The second kappa shape index (κ2) is 7.47. The van der Waals surface area contributed by atoms with Crippen molar-refractivity contribution in [1.82, 2.24) is 10.2 Å². The molecular formula is C18H24N4O2. The smallest absolute Gasteiger partial charge is 0.261 e. The quantitative estimate of drug-likeness (QED) is 0.345. The van der Waals surface area contributed by atoms with E-state index in [9.17, 15) is 9.59 Å². The van der Waals surface area contributed by atoms with Crippen LogP contribution < -0.4 is 11.1 Å². The van der Waals surface area contributed by atoms with E-state index >= 15 is 0 Å². The molecule has 0 unspecified atom stereocenters. The number of hydrogen-bond acceptors (Lipinski definition) is 3. The number of unbranched alkanes of at least 4 members (excludes halogenated alkanes) is 1. The van der Waals surface area contributed by atoms with Gasteiger partial charge in [-0.15, -0.1) is 0 Å². The van der Waals surface area contributed by atoms with Gasteiger partial charge >= 0.3 is 0 Å². The Balaban J connectivity index is 1.37. The van der Waals surface area contributed by atoms with Crippen molar-refractivity contribution in [2.45, 2.75) is 32.1 Å². The zero-order valence-electron chi connectivity index (χ0n) is 13.8. The maximum Gasteiger partial charge on any atom is 0.261 e. The molecule has 1 aliphatic heterocycles. The molecule has 6 heteroatoms. The highest BCUT2D eigenvalue weighted by molar-refractivity contribution is 6.21. The first-order valence-electron chi connectivity index (χ1n) is 8.66. The van der Waals surface area contributed by atoms with Gasteiger partial charge < -0.3 is 11.1 Å². The molecule has 2 aliphatic rings. The molecular weight excluding hydrogens is 304 g/mol. The van der Waals surface area contributed by atoms with Crippen molar-refractivity contribution in [3.8, 4) is 0 Å². The first-order chi connectivity index (χ1) is 11.7. The monoisotopic (exact) mass is 328 g/mol. The Morgan fingerprint density at radius 3 is 2.42 bits per heavy atom. The molecule has 1 aromatic carbocycles. The van der Waals surface area contributed by atoms with Gasteiger partial charge in [0.1, 0.15) is 0 Å². The number of carbonyl (C=O) groups excluding carboxylic acids is 2. The van der Waals surface area contributed by atoms with Crippen LogP contribution in [0.3, 0.4) is 0 Å². The molecule has 0 radical (unpaired) electrons. The van der Waals surface area contributed by atoms with E-state index in [1.807, 2.05) is 0 Å². The van der Waals surface area contributed by atoms with Crippen molar-refractivity contribution in [3.05, 3.63) is 35.4 Å². The van der Waals surface area contributed by atoms with Gasteiger partial charge in [0.05, 0.1) is 11.1 Å². The summed E-state index contributed by atoms with van der Waals surface area (Å²) in [7, 11) is 0. The fourth-order valence-electron chi connectivity index (χ4n) is 3.01. The predicted octanol–water partition coefficient (Wildman–Crippen LogP) is 1.77. The zero-order chi connectivity index (χ0) is 16.9. The number of fused-ring (bicyclic) bond motifs is 1. The molecule has 1 aromatic rings. The number of carbonyl (C=O) groups is 2. The van der Waals surface area contributed by atoms with E-state index in [0.717, 1.165) is 19.4 Å². The Bertz CT molecular complexity index is 617. The minimum Gasteiger partial charge on any atom is -0.370 e. The SMILES string of the molecule is NC(=NCC1CCC1)NCCCCN1C(=O)c2ccccc2C1=O. The molecule has 3 rings (SSSR count). The van der Waals surface area contributed by atoms with E-state index in [1.54, 1.807) is 24.3 Å². The van der Waals surface area contributed by atoms with Crippen LogP contribution in [0.15, 0.2) is 29.3 Å². The molecule has 3 N–H and O–H groups in total. The first-order valence-corrected chi connectivity index (χ1v) is 8.66. The molecule has 1 fully saturated rings. The Morgan fingerprint density at radius 1 is 1.17 bits per heavy atom. The number of hydrogen-bond donors (Lipinski definition) is 2. The number of imide groups is 1. The number of benzene rings is 1. The number of guanidine groups is 1. The zero-order valence-corrected chi connectivity index (χ0v) is 13.8. The third-order valence-corrected chi connectivity index (χ3v) is 4.74. The van der Waals surface area contributed by atoms with Gasteiger partial charge in [-0.25, -0.2) is 0 Å². The van der Waals surface area contributed by atoms with Crippen LogP contribution in [0.25, 0.3) is 0 Å². The fourth-order valence-corrected chi connectivity index (χ4v) is 3.01. The first kappa shape index (κ1) is 16.5. The summed E-state index contributed by atoms with van der Waals surface area (Å²) in [6.07, 6.45) is 5.40. The van der Waals surface area contributed by atoms with E-state index in [-0.39, 0.29) is 11.8 Å². The van der Waals surface area contributed by atoms with Gasteiger partial charge in [0.2, 0.25) is 0 Å². The number of rotatable bonds is 7. The highest BCUT2D eigenvalue weighted by Crippen LogP contribution is 2.26. The third kappa shape index (κ3) is 3.58. The van der Waals surface area contributed by atoms with E-state index in [1.165, 1.54) is 24.2 Å². The molecule has 0 atom stereocenters. The van der Waals surface area contributed by atoms with Crippen LogP contribution in [0.5, 0.6) is 0 Å². The second-order valence-electron chi connectivity index (χ2n) is 6.46. The molecule has 6 nitrogen and oxygen atoms in total. The summed E-state index contributed by atoms with van der Waals surface area (Å²) in [5.74, 6) is 0.817. The molecule has 24 heavy (non-hydrogen) atoms. The molecule has 1 saturated carbocycles. The topological polar surface area (TPSA) is 87.8 Å². The normalized spacial score (nSPS) is 17.8. The van der Waals surface area contributed by atoms with Crippen molar-refractivity contribution in [2.24, 2.45) is 16.6 Å². The van der Waals surface area contributed by atoms with Crippen molar-refractivity contribution < 1.29 is 9.59 Å². The lowest BCUT2D eigenvalue weighted by Crippen LogP contribution is -2.34. The van der Waals surface area contributed by atoms with Crippen LogP contribution in [-0.4, -0.2) is 42.3 Å². The van der Waals surface area contributed by atoms with Crippen LogP contribution in [0.1, 0.15) is 52.8 Å². The van der Waals surface area contributed by atoms with Gasteiger partial charge in [-0.1, -0.05) is 18.6 Å². The minimum atomic E-state index is -0.190. The maximum absolute atomic E-state index is 12.2. The summed E-state index contributed by atoms with van der Waals surface area (Å²) in [6.45, 7) is 1.95. The Hall–Kier alpha value is -2.37. The van der Waals surface area contributed by atoms with Crippen LogP contribution >= 0.6 is 0 Å². The summed E-state index contributed by atoms with van der Waals surface area (Å²) in [5.41, 5.74) is 6.84. The lowest BCUT2D eigenvalue weighted by Gasteiger charge is -2.23. The second-order valence-corrected chi connectivity index (χ2v) is 6.46. The molecule has 0 saturated heterocycles. The summed E-state index contributed by atoms with van der Waals surface area (Å²) < 4.78 is 0. The number of amides is 2. The number of nitrogens with two attached hydrogens (primary N) is 1. The van der Waals surface area contributed by atoms with Crippen molar-refractivity contribution in [2.75, 3.05) is 19.6 Å². The standard InChI is InChI=1S/C18H24N4O2/c19-18(21-12-13-6-5-7-13)20-10-3-4-11-22-16(23)14-8-1-2-9-15(14)17(22)24/h1-2,8-9,13H,3-7,10-12H2,(H3,19,20,21). The average Bonchev–Trinajstić information content (AvgIpc) is 2.78. The summed E-state index contributed by atoms with van der Waals surface area (Å²) in [4.78, 5) is 30.1. The predicted molar refractivity (Wildman–Crippen MR) is 92.9 cm³/mol. The lowest BCUT2D eigenvalue weighted by atomic mass is 9.86. The van der Waals surface area contributed by atoms with Crippen LogP contribution in [-0.2, 0) is 0 Å². The van der Waals surface area contributed by atoms with Crippen LogP contribution in [0.2, 0.25) is 0 Å². The molecule has 1 heterocycles. The van der Waals surface area contributed by atoms with Crippen LogP contribution in [0.4, 0.5) is 0 Å². The lowest BCUT2D eigenvalue weighted by molar-refractivity contribution is 0.0652. The Morgan fingerprint density at radius 2 is 1.83 bits per heavy atom. The van der Waals surface area contributed by atoms with Gasteiger partial charge in [-0.3, -0.25) is 19.5 Å². The Labute approximate surface area is 142 Å². The molecule has 0 bridgehead atoms. The highest BCUT2D eigenvalue weighted by atomic mass is 16.2. The highest BCUT2D eigenvalue weighted by Gasteiger charge is 2.34. The van der Waals surface area contributed by atoms with Gasteiger partial charge in [0.25, 0.3) is 11.8 Å². The summed E-state index contributed by atoms with van der Waals surface area (Å²) >= 11 is 0. The third-order valence-electron chi connectivity index (χ3n) is 4.74. The molecule has 1 aliphatic carbocycles. The Kier molecular flexibility index (Phi) is 5.13. The van der Waals surface area contributed by atoms with E-state index in [2.05, 4.69) is 10.3 Å². The number of nitrogens with zero attached hydrogens (tertiary/aromatic N) is 2. The van der Waals surface area contributed by atoms with E-state index in [4.69, 9.17) is 5.73 Å². The van der Waals surface area contributed by atoms with Crippen molar-refractivity contribution in [3.63, 3.8) is 0 Å². The van der Waals surface area contributed by atoms with Gasteiger partial charge in [0.15, 0.2) is 5.96 Å². The number of nitrogens with one attached hydrogen (secondary N) is 1. The molecule has 0 aromatic heterocycles. The van der Waals surface area contributed by atoms with Gasteiger partial charge in [0, 0.05) is 19.6 Å². The van der Waals surface area contributed by atoms with Crippen molar-refractivity contribution >= 4 is 17.8 Å². The summed E-state index contributed by atoms with van der Waals surface area (Å²) in [6, 6.07) is 6.97. The molecule has 0 spiro atoms. The van der Waals surface area contributed by atoms with Crippen LogP contribution in [0, 0.1) is 5.92 Å². The fraction of sp³-hybridized carbons (Fsp3) is 0.500. The average molecular weight is 328 g/mol.